The number of benzene rings is 1. The lowest BCUT2D eigenvalue weighted by atomic mass is 9.96. The van der Waals surface area contributed by atoms with E-state index in [1.807, 2.05) is 31.2 Å². The lowest BCUT2D eigenvalue weighted by molar-refractivity contribution is -0.121. The molecular weight excluding hydrogens is 454 g/mol. The molecule has 1 fully saturated rings. The second-order valence-corrected chi connectivity index (χ2v) is 9.08. The van der Waals surface area contributed by atoms with Gasteiger partial charge in [-0.3, -0.25) is 9.59 Å². The number of carbonyl (C=O) groups is 2. The number of nitrogens with zero attached hydrogens (tertiary/aromatic N) is 2. The Morgan fingerprint density at radius 2 is 1.93 bits per heavy atom. The Kier molecular flexibility index (Phi) is 5.82. The second kappa shape index (κ2) is 8.51. The average Bonchev–Trinajstić information content (AvgIpc) is 3.38. The molecule has 0 atom stereocenters. The number of thiazole rings is 1. The summed E-state index contributed by atoms with van der Waals surface area (Å²) in [6, 6.07) is 11.3. The topological polar surface area (TPSA) is 75.4 Å². The first kappa shape index (κ1) is 19.8. The molecule has 2 amide bonds. The van der Waals surface area contributed by atoms with Crippen LogP contribution >= 0.6 is 27.3 Å². The van der Waals surface area contributed by atoms with Crippen LogP contribution in [0.1, 0.15) is 28.3 Å². The van der Waals surface area contributed by atoms with E-state index in [0.29, 0.717) is 36.8 Å². The van der Waals surface area contributed by atoms with Crippen LogP contribution in [0.3, 0.4) is 0 Å². The van der Waals surface area contributed by atoms with Crippen molar-refractivity contribution in [3.63, 3.8) is 0 Å². The Morgan fingerprint density at radius 1 is 1.21 bits per heavy atom. The number of anilines is 1. The maximum atomic E-state index is 12.7. The van der Waals surface area contributed by atoms with Crippen LogP contribution in [0.4, 0.5) is 5.13 Å². The molecule has 6 nitrogen and oxygen atoms in total. The molecule has 1 saturated heterocycles. The number of piperidine rings is 1. The molecule has 150 valence electrons. The summed E-state index contributed by atoms with van der Waals surface area (Å²) in [6.45, 7) is 3.08. The zero-order chi connectivity index (χ0) is 20.4. The monoisotopic (exact) mass is 473 g/mol. The third-order valence-corrected chi connectivity index (χ3v) is 6.44. The van der Waals surface area contributed by atoms with Gasteiger partial charge in [0, 0.05) is 33.9 Å². The lowest BCUT2D eigenvalue weighted by Crippen LogP contribution is -2.41. The number of rotatable bonds is 4. The van der Waals surface area contributed by atoms with E-state index in [0.717, 1.165) is 20.6 Å². The van der Waals surface area contributed by atoms with E-state index in [9.17, 15) is 9.59 Å². The SMILES string of the molecule is Cc1sc(NC(=O)C2CCN(C(=O)c3ccco3)CC2)nc1-c1ccc(Br)cc1. The van der Waals surface area contributed by atoms with Gasteiger partial charge in [0.2, 0.25) is 5.91 Å². The molecule has 8 heteroatoms. The maximum Gasteiger partial charge on any atom is 0.289 e. The van der Waals surface area contributed by atoms with Crippen molar-refractivity contribution in [2.45, 2.75) is 19.8 Å². The van der Waals surface area contributed by atoms with E-state index in [2.05, 4.69) is 26.2 Å². The van der Waals surface area contributed by atoms with Crippen molar-refractivity contribution >= 4 is 44.2 Å². The molecule has 1 aliphatic rings. The molecule has 0 aliphatic carbocycles. The zero-order valence-electron chi connectivity index (χ0n) is 15.9. The molecule has 1 N–H and O–H groups in total. The summed E-state index contributed by atoms with van der Waals surface area (Å²) in [5, 5.41) is 3.57. The molecule has 3 heterocycles. The summed E-state index contributed by atoms with van der Waals surface area (Å²) in [6.07, 6.45) is 2.75. The molecular formula is C21H20BrN3O3S. The van der Waals surface area contributed by atoms with Crippen molar-refractivity contribution in [2.75, 3.05) is 18.4 Å². The van der Waals surface area contributed by atoms with E-state index in [1.54, 1.807) is 17.0 Å². The molecule has 2 aromatic heterocycles. The third kappa shape index (κ3) is 4.43. The van der Waals surface area contributed by atoms with Gasteiger partial charge in [0.25, 0.3) is 5.91 Å². The summed E-state index contributed by atoms with van der Waals surface area (Å²) < 4.78 is 6.19. The first-order valence-electron chi connectivity index (χ1n) is 9.38. The highest BCUT2D eigenvalue weighted by atomic mass is 79.9. The summed E-state index contributed by atoms with van der Waals surface area (Å²) in [5.41, 5.74) is 1.91. The van der Waals surface area contributed by atoms with Gasteiger partial charge in [-0.15, -0.1) is 11.3 Å². The minimum absolute atomic E-state index is 0.0359. The van der Waals surface area contributed by atoms with E-state index < -0.39 is 0 Å². The number of amides is 2. The Balaban J connectivity index is 1.36. The van der Waals surface area contributed by atoms with Crippen LogP contribution in [-0.4, -0.2) is 34.8 Å². The molecule has 0 saturated carbocycles. The van der Waals surface area contributed by atoms with Gasteiger partial charge in [0.05, 0.1) is 12.0 Å². The van der Waals surface area contributed by atoms with Gasteiger partial charge in [-0.25, -0.2) is 4.98 Å². The van der Waals surface area contributed by atoms with Gasteiger partial charge in [0.15, 0.2) is 10.9 Å². The second-order valence-electron chi connectivity index (χ2n) is 6.96. The van der Waals surface area contributed by atoms with Crippen LogP contribution in [0.5, 0.6) is 0 Å². The number of hydrogen-bond acceptors (Lipinski definition) is 5. The molecule has 0 radical (unpaired) electrons. The highest BCUT2D eigenvalue weighted by molar-refractivity contribution is 9.10. The Hall–Kier alpha value is -2.45. The molecule has 3 aromatic rings. The summed E-state index contributed by atoms with van der Waals surface area (Å²) in [5.74, 6) is 0.0531. The quantitative estimate of drug-likeness (QED) is 0.580. The third-order valence-electron chi connectivity index (χ3n) is 5.03. The lowest BCUT2D eigenvalue weighted by Gasteiger charge is -2.30. The van der Waals surface area contributed by atoms with Gasteiger partial charge in [0.1, 0.15) is 0 Å². The standard InChI is InChI=1S/C21H20BrN3O3S/c1-13-18(14-4-6-16(22)7-5-14)23-21(29-13)24-19(26)15-8-10-25(11-9-15)20(27)17-3-2-12-28-17/h2-7,12,15H,8-11H2,1H3,(H,23,24,26). The van der Waals surface area contributed by atoms with Crippen LogP contribution in [0.2, 0.25) is 0 Å². The Bertz CT molecular complexity index is 1010. The van der Waals surface area contributed by atoms with Crippen LogP contribution < -0.4 is 5.32 Å². The van der Waals surface area contributed by atoms with Gasteiger partial charge in [-0.05, 0) is 44.0 Å². The number of hydrogen-bond donors (Lipinski definition) is 1. The van der Waals surface area contributed by atoms with Crippen molar-refractivity contribution in [2.24, 2.45) is 5.92 Å². The molecule has 1 aliphatic heterocycles. The first-order chi connectivity index (χ1) is 14.0. The van der Waals surface area contributed by atoms with Crippen molar-refractivity contribution in [3.8, 4) is 11.3 Å². The van der Waals surface area contributed by atoms with Crippen LogP contribution in [-0.2, 0) is 4.79 Å². The van der Waals surface area contributed by atoms with Crippen molar-refractivity contribution in [1.82, 2.24) is 9.88 Å². The summed E-state index contributed by atoms with van der Waals surface area (Å²) in [4.78, 5) is 32.5. The fourth-order valence-corrected chi connectivity index (χ4v) is 4.54. The van der Waals surface area contributed by atoms with E-state index in [1.165, 1.54) is 17.6 Å². The van der Waals surface area contributed by atoms with Gasteiger partial charge < -0.3 is 14.6 Å². The van der Waals surface area contributed by atoms with Crippen LogP contribution in [0, 0.1) is 12.8 Å². The number of carbonyl (C=O) groups excluding carboxylic acids is 2. The number of aromatic nitrogens is 1. The van der Waals surface area contributed by atoms with Gasteiger partial charge >= 0.3 is 0 Å². The van der Waals surface area contributed by atoms with Gasteiger partial charge in [-0.1, -0.05) is 28.1 Å². The molecule has 1 aromatic carbocycles. The van der Waals surface area contributed by atoms with E-state index in [4.69, 9.17) is 4.42 Å². The predicted molar refractivity (Wildman–Crippen MR) is 116 cm³/mol. The number of furan rings is 1. The molecule has 0 bridgehead atoms. The summed E-state index contributed by atoms with van der Waals surface area (Å²) in [7, 11) is 0. The molecule has 0 spiro atoms. The minimum atomic E-state index is -0.129. The first-order valence-corrected chi connectivity index (χ1v) is 11.0. The largest absolute Gasteiger partial charge is 0.459 e. The van der Waals surface area contributed by atoms with E-state index >= 15 is 0 Å². The number of likely N-dealkylation sites (tertiary alicyclic amines) is 1. The van der Waals surface area contributed by atoms with Crippen molar-refractivity contribution in [3.05, 3.63) is 57.8 Å². The Morgan fingerprint density at radius 3 is 2.59 bits per heavy atom. The number of nitrogens with one attached hydrogen (secondary N) is 1. The maximum absolute atomic E-state index is 12.7. The molecule has 4 rings (SSSR count). The van der Waals surface area contributed by atoms with Crippen molar-refractivity contribution < 1.29 is 14.0 Å². The molecule has 29 heavy (non-hydrogen) atoms. The highest BCUT2D eigenvalue weighted by Crippen LogP contribution is 2.32. The highest BCUT2D eigenvalue weighted by Gasteiger charge is 2.29. The zero-order valence-corrected chi connectivity index (χ0v) is 18.3. The Labute approximate surface area is 181 Å². The van der Waals surface area contributed by atoms with Crippen molar-refractivity contribution in [1.29, 1.82) is 0 Å². The van der Waals surface area contributed by atoms with Crippen LogP contribution in [0.15, 0.2) is 51.6 Å². The number of halogens is 1. The molecule has 0 unspecified atom stereocenters. The average molecular weight is 474 g/mol. The smallest absolute Gasteiger partial charge is 0.289 e. The fourth-order valence-electron chi connectivity index (χ4n) is 3.43. The normalized spacial score (nSPS) is 14.8. The fraction of sp³-hybridized carbons (Fsp3) is 0.286. The summed E-state index contributed by atoms with van der Waals surface area (Å²) >= 11 is 4.92. The number of aryl methyl sites for hydroxylation is 1. The van der Waals surface area contributed by atoms with E-state index in [-0.39, 0.29) is 17.7 Å². The van der Waals surface area contributed by atoms with Crippen LogP contribution in [0.25, 0.3) is 11.3 Å². The minimum Gasteiger partial charge on any atom is -0.459 e. The predicted octanol–water partition coefficient (Wildman–Crippen LogP) is 4.96. The van der Waals surface area contributed by atoms with Gasteiger partial charge in [-0.2, -0.15) is 0 Å².